The number of rotatable bonds is 24. The van der Waals surface area contributed by atoms with Crippen LogP contribution >= 0.6 is 0 Å². The Morgan fingerprint density at radius 2 is 1.15 bits per heavy atom. The van der Waals surface area contributed by atoms with E-state index in [1.807, 2.05) is 42.5 Å². The van der Waals surface area contributed by atoms with E-state index in [-0.39, 0.29) is 50.7 Å². The largest absolute Gasteiger partial charge is 0.496 e. The number of quaternary nitrogens is 2. The van der Waals surface area contributed by atoms with Gasteiger partial charge in [-0.25, -0.2) is 9.59 Å². The van der Waals surface area contributed by atoms with Gasteiger partial charge in [0.05, 0.1) is 136 Å². The Kier molecular flexibility index (Phi) is 18.7. The summed E-state index contributed by atoms with van der Waals surface area (Å²) in [6.07, 6.45) is 4.20. The highest BCUT2D eigenvalue weighted by atomic mass is 16.5. The van der Waals surface area contributed by atoms with Crippen LogP contribution in [0.5, 0.6) is 46.0 Å². The fourth-order valence-corrected chi connectivity index (χ4v) is 10.8. The minimum Gasteiger partial charge on any atom is -0.496 e. The summed E-state index contributed by atoms with van der Waals surface area (Å²) in [5.41, 5.74) is 7.88. The Morgan fingerprint density at radius 1 is 0.597 bits per heavy atom. The van der Waals surface area contributed by atoms with Crippen molar-refractivity contribution < 1.29 is 81.2 Å². The van der Waals surface area contributed by atoms with E-state index >= 15 is 0 Å². The molecule has 6 rings (SSSR count). The van der Waals surface area contributed by atoms with Gasteiger partial charge in [0.1, 0.15) is 17.8 Å². The lowest BCUT2D eigenvalue weighted by Crippen LogP contribution is -2.53. The Morgan fingerprint density at radius 3 is 1.74 bits per heavy atom. The molecule has 0 aromatic heterocycles. The summed E-state index contributed by atoms with van der Waals surface area (Å²) >= 11 is 0. The van der Waals surface area contributed by atoms with Gasteiger partial charge in [-0.05, 0) is 65.6 Å². The van der Waals surface area contributed by atoms with E-state index in [9.17, 15) is 24.9 Å². The maximum Gasteiger partial charge on any atom is 0.333 e. The van der Waals surface area contributed by atoms with Gasteiger partial charge in [-0.2, -0.15) is 0 Å². The number of fused-ring (bicyclic) bond motifs is 2. The number of nitrogens with zero attached hydrogens (tertiary/aromatic N) is 2. The Balaban J connectivity index is 1.12. The number of benzene rings is 4. The quantitative estimate of drug-likeness (QED) is 0.0315. The Bertz CT molecular complexity index is 2550. The van der Waals surface area contributed by atoms with Gasteiger partial charge >= 0.3 is 11.9 Å². The molecule has 4 aromatic rings. The summed E-state index contributed by atoms with van der Waals surface area (Å²) in [4.78, 5) is 26.4. The highest BCUT2D eigenvalue weighted by Gasteiger charge is 2.44. The van der Waals surface area contributed by atoms with Gasteiger partial charge in [-0.15, -0.1) is 0 Å². The van der Waals surface area contributed by atoms with E-state index in [1.54, 1.807) is 56.9 Å². The number of ether oxygens (including phenoxy) is 10. The van der Waals surface area contributed by atoms with Crippen LogP contribution in [0.2, 0.25) is 0 Å². The van der Waals surface area contributed by atoms with E-state index in [4.69, 9.17) is 47.4 Å². The monoisotopic (exact) mass is 1000 g/mol. The molecule has 0 aliphatic carbocycles. The van der Waals surface area contributed by atoms with Crippen molar-refractivity contribution in [3.8, 4) is 46.0 Å². The standard InChI is InChI=1S/C55H74N2O15/c1-34(22-49(61)71-20-13-17-57(3)19-14-36-28-44(63-4)45(64-5)30-41(36)51(57)38-27-40(32-59)52(68-9)48(29-38)67-8)55(62)72-21-12-16-56(2)18-15-37-26-39(31-58)42(33-60)53(69-10)50(37)43(56)23-35-24-46(65-6)54(70-11)47(25-35)66-7/h22,24-30,43,51,58-60H,12-21,23,31-33H2,1-11H3/q+2/b34-22+/t43-,51+,56-,57+/m0/s1. The van der Waals surface area contributed by atoms with E-state index in [2.05, 4.69) is 14.1 Å². The number of methoxy groups -OCH3 is 8. The molecule has 4 aromatic carbocycles. The van der Waals surface area contributed by atoms with Crippen molar-refractivity contribution in [2.24, 2.45) is 0 Å². The second kappa shape index (κ2) is 24.5. The molecular formula is C55H74N2O15+2. The lowest BCUT2D eigenvalue weighted by Gasteiger charge is -2.46. The van der Waals surface area contributed by atoms with Crippen molar-refractivity contribution in [1.29, 1.82) is 0 Å². The number of hydrogen-bond donors (Lipinski definition) is 3. The van der Waals surface area contributed by atoms with Crippen LogP contribution in [0.25, 0.3) is 0 Å². The lowest BCUT2D eigenvalue weighted by molar-refractivity contribution is -0.941. The molecule has 0 radical (unpaired) electrons. The molecule has 17 heteroatoms. The summed E-state index contributed by atoms with van der Waals surface area (Å²) in [5, 5.41) is 31.1. The Labute approximate surface area is 423 Å². The molecule has 72 heavy (non-hydrogen) atoms. The van der Waals surface area contributed by atoms with Crippen LogP contribution in [0.1, 0.15) is 81.9 Å². The summed E-state index contributed by atoms with van der Waals surface area (Å²) in [6, 6.07) is 13.4. The van der Waals surface area contributed by atoms with Crippen molar-refractivity contribution in [2.75, 3.05) is 110 Å². The Hall–Kier alpha value is -6.24. The second-order valence-electron chi connectivity index (χ2n) is 18.8. The topological polar surface area (TPSA) is 187 Å². The van der Waals surface area contributed by atoms with Crippen LogP contribution in [-0.2, 0) is 58.1 Å². The van der Waals surface area contributed by atoms with Gasteiger partial charge in [0.25, 0.3) is 0 Å². The first-order chi connectivity index (χ1) is 34.6. The first-order valence-corrected chi connectivity index (χ1v) is 24.2. The number of likely N-dealkylation sites (N-methyl/N-ethyl adjacent to an activating group) is 2. The maximum absolute atomic E-state index is 13.3. The number of carbonyl (C=O) groups excluding carboxylic acids is 2. The van der Waals surface area contributed by atoms with Crippen molar-refractivity contribution >= 4 is 11.9 Å². The first-order valence-electron chi connectivity index (χ1n) is 24.2. The van der Waals surface area contributed by atoms with Gasteiger partial charge < -0.3 is 71.7 Å². The smallest absolute Gasteiger partial charge is 0.333 e. The van der Waals surface area contributed by atoms with Crippen LogP contribution in [-0.4, -0.2) is 147 Å². The molecule has 0 saturated heterocycles. The lowest BCUT2D eigenvalue weighted by atomic mass is 9.83. The molecule has 4 atom stereocenters. The van der Waals surface area contributed by atoms with Crippen molar-refractivity contribution in [2.45, 2.75) is 70.9 Å². The van der Waals surface area contributed by atoms with Crippen LogP contribution in [0.3, 0.4) is 0 Å². The minimum absolute atomic E-state index is 0.110. The molecule has 0 saturated carbocycles. The normalized spacial score (nSPS) is 19.3. The predicted molar refractivity (Wildman–Crippen MR) is 268 cm³/mol. The number of aliphatic hydroxyl groups is 3. The van der Waals surface area contributed by atoms with Crippen molar-refractivity contribution in [3.05, 3.63) is 104 Å². The average molecular weight is 1000 g/mol. The summed E-state index contributed by atoms with van der Waals surface area (Å²) in [7, 11) is 17.0. The molecule has 0 fully saturated rings. The van der Waals surface area contributed by atoms with Crippen LogP contribution in [0.4, 0.5) is 0 Å². The van der Waals surface area contributed by atoms with Gasteiger partial charge in [-0.3, -0.25) is 0 Å². The molecule has 3 N–H and O–H groups in total. The number of esters is 2. The van der Waals surface area contributed by atoms with Crippen LogP contribution in [0, 0.1) is 0 Å². The van der Waals surface area contributed by atoms with E-state index < -0.39 is 11.9 Å². The zero-order valence-corrected chi connectivity index (χ0v) is 43.8. The minimum atomic E-state index is -0.641. The van der Waals surface area contributed by atoms with Gasteiger partial charge in [0, 0.05) is 66.0 Å². The molecule has 0 bridgehead atoms. The summed E-state index contributed by atoms with van der Waals surface area (Å²) in [5.74, 6) is 3.05. The third-order valence-corrected chi connectivity index (χ3v) is 14.5. The SMILES string of the molecule is COc1cc2c(cc1OC)[C@@H](c1cc(CO)c(OC)c(OC)c1)[N@+](C)(CCCOC(=O)/C=C(\C)C(=O)OCCC[N@@+]1(C)CCc3cc(CO)c(CO)c(OC)c3[C@@H]1Cc1cc(OC)c(OC)c(OC)c1)CC2. The fourth-order valence-electron chi connectivity index (χ4n) is 10.8. The third-order valence-electron chi connectivity index (χ3n) is 14.5. The predicted octanol–water partition coefficient (Wildman–Crippen LogP) is 6.12. The molecule has 392 valence electrons. The van der Waals surface area contributed by atoms with Crippen LogP contribution < -0.4 is 37.9 Å². The van der Waals surface area contributed by atoms with Gasteiger partial charge in [-0.1, -0.05) is 6.07 Å². The highest BCUT2D eigenvalue weighted by Crippen LogP contribution is 2.49. The molecule has 2 heterocycles. The second-order valence-corrected chi connectivity index (χ2v) is 18.8. The third kappa shape index (κ3) is 11.5. The molecule has 0 unspecified atom stereocenters. The first kappa shape index (κ1) is 55.1. The van der Waals surface area contributed by atoms with E-state index in [1.165, 1.54) is 13.0 Å². The number of aliphatic hydroxyl groups excluding tert-OH is 3. The van der Waals surface area contributed by atoms with Crippen molar-refractivity contribution in [1.82, 2.24) is 0 Å². The summed E-state index contributed by atoms with van der Waals surface area (Å²) < 4.78 is 58.3. The van der Waals surface area contributed by atoms with Gasteiger partial charge in [0.2, 0.25) is 5.75 Å². The van der Waals surface area contributed by atoms with E-state index in [0.29, 0.717) is 110 Å². The average Bonchev–Trinajstić information content (AvgIpc) is 3.39. The maximum atomic E-state index is 13.3. The molecular weight excluding hydrogens is 929 g/mol. The zero-order valence-electron chi connectivity index (χ0n) is 43.8. The summed E-state index contributed by atoms with van der Waals surface area (Å²) in [6.45, 7) is 3.72. The van der Waals surface area contributed by atoms with E-state index in [0.717, 1.165) is 52.9 Å². The molecule has 17 nitrogen and oxygen atoms in total. The fraction of sp³-hybridized carbons (Fsp3) is 0.491. The van der Waals surface area contributed by atoms with Crippen LogP contribution in [0.15, 0.2) is 54.1 Å². The number of carbonyl (C=O) groups is 2. The highest BCUT2D eigenvalue weighted by molar-refractivity contribution is 5.95. The molecule has 0 spiro atoms. The van der Waals surface area contributed by atoms with Crippen molar-refractivity contribution in [3.63, 3.8) is 0 Å². The zero-order chi connectivity index (χ0) is 52.3. The molecule has 2 aliphatic rings. The van der Waals surface area contributed by atoms with Gasteiger partial charge in [0.15, 0.2) is 34.5 Å². The molecule has 2 aliphatic heterocycles. The number of hydrogen-bond acceptors (Lipinski definition) is 15. The molecule has 0 amide bonds.